The van der Waals surface area contributed by atoms with Crippen molar-refractivity contribution < 1.29 is 0 Å². The molecule has 9 rings (SSSR count). The summed E-state index contributed by atoms with van der Waals surface area (Å²) in [6, 6.07) is 54.6. The number of benzene rings is 6. The lowest BCUT2D eigenvalue weighted by molar-refractivity contribution is 0.444. The van der Waals surface area contributed by atoms with E-state index in [9.17, 15) is 0 Å². The van der Waals surface area contributed by atoms with Gasteiger partial charge in [-0.15, -0.1) is 0 Å². The lowest BCUT2D eigenvalue weighted by Crippen LogP contribution is -2.26. The summed E-state index contributed by atoms with van der Waals surface area (Å²) in [5.74, 6) is 0.602. The van der Waals surface area contributed by atoms with Crippen molar-refractivity contribution >= 4 is 17.1 Å². The average molecular weight is 566 g/mol. The Morgan fingerprint density at radius 1 is 0.432 bits per heavy atom. The van der Waals surface area contributed by atoms with Gasteiger partial charge in [0.1, 0.15) is 0 Å². The predicted octanol–water partition coefficient (Wildman–Crippen LogP) is 11.5. The van der Waals surface area contributed by atoms with Gasteiger partial charge in [-0.1, -0.05) is 135 Å². The second-order valence-electron chi connectivity index (χ2n) is 12.7. The Kier molecular flexibility index (Phi) is 5.88. The first-order valence-corrected chi connectivity index (χ1v) is 16.2. The first-order valence-electron chi connectivity index (χ1n) is 16.2. The van der Waals surface area contributed by atoms with Gasteiger partial charge in [-0.2, -0.15) is 0 Å². The third-order valence-electron chi connectivity index (χ3n) is 10.5. The van der Waals surface area contributed by atoms with E-state index in [4.69, 9.17) is 0 Å². The minimum Gasteiger partial charge on any atom is -0.310 e. The van der Waals surface area contributed by atoms with Gasteiger partial charge in [-0.25, -0.2) is 0 Å². The summed E-state index contributed by atoms with van der Waals surface area (Å²) in [5.41, 5.74) is 15.8. The molecule has 0 amide bonds. The van der Waals surface area contributed by atoms with Gasteiger partial charge in [-0.3, -0.25) is 0 Å². The average Bonchev–Trinajstić information content (AvgIpc) is 3.57. The third-order valence-corrected chi connectivity index (χ3v) is 10.5. The molecule has 0 saturated heterocycles. The van der Waals surface area contributed by atoms with Gasteiger partial charge in [-0.05, 0) is 99.2 Å². The van der Waals surface area contributed by atoms with Crippen molar-refractivity contribution in [3.63, 3.8) is 0 Å². The quantitative estimate of drug-likeness (QED) is 0.205. The van der Waals surface area contributed by atoms with E-state index in [-0.39, 0.29) is 5.41 Å². The lowest BCUT2D eigenvalue weighted by Gasteiger charge is -2.34. The minimum absolute atomic E-state index is 0.347. The predicted molar refractivity (Wildman–Crippen MR) is 183 cm³/mol. The molecule has 3 aliphatic carbocycles. The highest BCUT2D eigenvalue weighted by molar-refractivity contribution is 5.96. The summed E-state index contributed by atoms with van der Waals surface area (Å²) in [5, 5.41) is 0. The van der Waals surface area contributed by atoms with Gasteiger partial charge >= 0.3 is 0 Å². The van der Waals surface area contributed by atoms with E-state index in [1.807, 2.05) is 0 Å². The molecule has 1 heteroatoms. The van der Waals surface area contributed by atoms with E-state index >= 15 is 0 Å². The van der Waals surface area contributed by atoms with Crippen LogP contribution in [0.2, 0.25) is 0 Å². The number of anilines is 3. The number of nitrogens with zero attached hydrogens (tertiary/aromatic N) is 1. The van der Waals surface area contributed by atoms with Crippen LogP contribution in [0.5, 0.6) is 0 Å². The minimum atomic E-state index is -0.347. The van der Waals surface area contributed by atoms with Gasteiger partial charge in [0, 0.05) is 17.1 Å². The molecular weight excluding hydrogens is 530 g/mol. The van der Waals surface area contributed by atoms with Crippen LogP contribution < -0.4 is 4.90 Å². The van der Waals surface area contributed by atoms with Crippen molar-refractivity contribution in [2.45, 2.75) is 43.4 Å². The van der Waals surface area contributed by atoms with Crippen molar-refractivity contribution in [3.8, 4) is 22.3 Å². The summed E-state index contributed by atoms with van der Waals surface area (Å²) in [6.07, 6.45) is 6.55. The molecule has 0 bridgehead atoms. The van der Waals surface area contributed by atoms with Gasteiger partial charge in [0.15, 0.2) is 0 Å². The number of rotatable bonds is 4. The Morgan fingerprint density at radius 2 is 0.955 bits per heavy atom. The van der Waals surface area contributed by atoms with E-state index < -0.39 is 0 Å². The molecule has 0 radical (unpaired) electrons. The van der Waals surface area contributed by atoms with Crippen LogP contribution in [0.4, 0.5) is 17.1 Å². The zero-order valence-corrected chi connectivity index (χ0v) is 24.9. The Bertz CT molecular complexity index is 1950. The molecule has 1 fully saturated rings. The van der Waals surface area contributed by atoms with E-state index in [1.54, 1.807) is 0 Å². The Hall–Kier alpha value is -4.88. The van der Waals surface area contributed by atoms with Crippen LogP contribution in [-0.2, 0) is 5.41 Å². The van der Waals surface area contributed by atoms with Crippen LogP contribution in [-0.4, -0.2) is 0 Å². The largest absolute Gasteiger partial charge is 0.310 e. The molecule has 44 heavy (non-hydrogen) atoms. The second-order valence-corrected chi connectivity index (χ2v) is 12.7. The highest BCUT2D eigenvalue weighted by Gasteiger charge is 2.51. The first kappa shape index (κ1) is 25.6. The molecule has 6 aromatic rings. The standard InChI is InChI=1S/C43H35N/c1-3-15-30(16-4-1)33-19-10-14-26-42(33)44(31-17-5-2-6-18-31)32-27-28-37-36-22-9-13-25-40(36)43(41(37)29-32)38-23-11-7-20-34(38)35-21-8-12-24-39(35)43/h2,5-14,17-30H,1,3-4,15-16H2. The summed E-state index contributed by atoms with van der Waals surface area (Å²) in [4.78, 5) is 2.52. The second kappa shape index (κ2) is 10.1. The normalized spacial score (nSPS) is 15.8. The van der Waals surface area contributed by atoms with Gasteiger partial charge < -0.3 is 4.90 Å². The fourth-order valence-electron chi connectivity index (χ4n) is 8.68. The van der Waals surface area contributed by atoms with Crippen LogP contribution in [0.15, 0.2) is 146 Å². The molecule has 212 valence electrons. The van der Waals surface area contributed by atoms with Crippen LogP contribution in [0.25, 0.3) is 22.3 Å². The molecule has 6 aromatic carbocycles. The van der Waals surface area contributed by atoms with E-state index in [0.29, 0.717) is 5.92 Å². The smallest absolute Gasteiger partial charge is 0.0726 e. The Labute approximate surface area is 260 Å². The highest BCUT2D eigenvalue weighted by Crippen LogP contribution is 2.63. The maximum atomic E-state index is 2.52. The monoisotopic (exact) mass is 565 g/mol. The SMILES string of the molecule is c1ccc(N(c2ccc3c(c2)C2(c4ccccc4-c4ccccc42)c2ccccc2-3)c2ccccc2C2CCCCC2)cc1. The number of para-hydroxylation sites is 2. The molecular formula is C43H35N. The van der Waals surface area contributed by atoms with Crippen molar-refractivity contribution in [1.29, 1.82) is 0 Å². The topological polar surface area (TPSA) is 3.24 Å². The molecule has 1 nitrogen and oxygen atoms in total. The van der Waals surface area contributed by atoms with Gasteiger partial charge in [0.05, 0.1) is 5.41 Å². The summed E-state index contributed by atoms with van der Waals surface area (Å²) < 4.78 is 0. The van der Waals surface area contributed by atoms with Crippen molar-refractivity contribution in [3.05, 3.63) is 173 Å². The molecule has 0 aromatic heterocycles. The molecule has 0 N–H and O–H groups in total. The van der Waals surface area contributed by atoms with Crippen LogP contribution in [0.3, 0.4) is 0 Å². The fourth-order valence-corrected chi connectivity index (χ4v) is 8.68. The maximum Gasteiger partial charge on any atom is 0.0726 e. The summed E-state index contributed by atoms with van der Waals surface area (Å²) >= 11 is 0. The van der Waals surface area contributed by atoms with Crippen molar-refractivity contribution in [2.75, 3.05) is 4.90 Å². The molecule has 1 spiro atoms. The molecule has 0 atom stereocenters. The number of hydrogen-bond acceptors (Lipinski definition) is 1. The fraction of sp³-hybridized carbons (Fsp3) is 0.163. The first-order chi connectivity index (χ1) is 21.9. The molecule has 0 aliphatic heterocycles. The Balaban J connectivity index is 1.32. The third kappa shape index (κ3) is 3.59. The summed E-state index contributed by atoms with van der Waals surface area (Å²) in [7, 11) is 0. The van der Waals surface area contributed by atoms with Gasteiger partial charge in [0.2, 0.25) is 0 Å². The van der Waals surface area contributed by atoms with E-state index in [2.05, 4.69) is 150 Å². The zero-order valence-electron chi connectivity index (χ0n) is 24.9. The van der Waals surface area contributed by atoms with Crippen LogP contribution in [0, 0.1) is 0 Å². The van der Waals surface area contributed by atoms with Gasteiger partial charge in [0.25, 0.3) is 0 Å². The molecule has 0 heterocycles. The summed E-state index contributed by atoms with van der Waals surface area (Å²) in [6.45, 7) is 0. The zero-order chi connectivity index (χ0) is 29.1. The van der Waals surface area contributed by atoms with Crippen LogP contribution in [0.1, 0.15) is 65.8 Å². The van der Waals surface area contributed by atoms with E-state index in [1.165, 1.54) is 99.2 Å². The molecule has 1 saturated carbocycles. The molecule has 0 unspecified atom stereocenters. The number of hydrogen-bond donors (Lipinski definition) is 0. The number of fused-ring (bicyclic) bond motifs is 10. The van der Waals surface area contributed by atoms with Crippen LogP contribution >= 0.6 is 0 Å². The van der Waals surface area contributed by atoms with E-state index in [0.717, 1.165) is 0 Å². The Morgan fingerprint density at radius 3 is 1.59 bits per heavy atom. The maximum absolute atomic E-state index is 2.52. The van der Waals surface area contributed by atoms with Crippen molar-refractivity contribution in [2.24, 2.45) is 0 Å². The highest BCUT2D eigenvalue weighted by atomic mass is 15.1. The molecule has 3 aliphatic rings. The lowest BCUT2D eigenvalue weighted by atomic mass is 9.70. The van der Waals surface area contributed by atoms with Crippen molar-refractivity contribution in [1.82, 2.24) is 0 Å².